The molecular weight excluding hydrogens is 165 g/mol. The minimum absolute atomic E-state index is 0.375. The Kier molecular flexibility index (Phi) is 25.0. The molecule has 0 spiro atoms. The molecule has 0 aromatic carbocycles. The molecule has 1 unspecified atom stereocenters. The zero-order valence-electron chi connectivity index (χ0n) is 9.81. The molecule has 0 bridgehead atoms. The predicted molar refractivity (Wildman–Crippen MR) is 60.6 cm³/mol. The Morgan fingerprint density at radius 3 is 1.62 bits per heavy atom. The molecule has 0 aromatic rings. The van der Waals surface area contributed by atoms with E-state index in [1.54, 1.807) is 0 Å². The Labute approximate surface area is 83.2 Å². The molecule has 0 heterocycles. The van der Waals surface area contributed by atoms with Crippen molar-refractivity contribution in [1.82, 2.24) is 0 Å². The second-order valence-corrected chi connectivity index (χ2v) is 3.30. The van der Waals surface area contributed by atoms with Crippen LogP contribution in [0.5, 0.6) is 0 Å². The van der Waals surface area contributed by atoms with Crippen LogP contribution in [0.4, 0.5) is 4.39 Å². The quantitative estimate of drug-likeness (QED) is 0.678. The van der Waals surface area contributed by atoms with Gasteiger partial charge in [-0.3, -0.25) is 4.39 Å². The van der Waals surface area contributed by atoms with Gasteiger partial charge < -0.3 is 5.73 Å². The van der Waals surface area contributed by atoms with Gasteiger partial charge in [0.1, 0.15) is 0 Å². The van der Waals surface area contributed by atoms with Crippen LogP contribution in [0.3, 0.4) is 0 Å². The van der Waals surface area contributed by atoms with Gasteiger partial charge in [-0.15, -0.1) is 6.58 Å². The fraction of sp³-hybridized carbons (Fsp3) is 0.818. The maximum absolute atomic E-state index is 9.50. The lowest BCUT2D eigenvalue weighted by Crippen LogP contribution is -2.16. The van der Waals surface area contributed by atoms with Crippen molar-refractivity contribution >= 4 is 0 Å². The molecular formula is C11H26FN. The Hall–Kier alpha value is -0.370. The van der Waals surface area contributed by atoms with Crippen molar-refractivity contribution in [3.63, 3.8) is 0 Å². The first kappa shape index (κ1) is 18.4. The minimum atomic E-state index is 0.375. The molecule has 0 saturated carbocycles. The molecule has 1 atom stereocenters. The van der Waals surface area contributed by atoms with E-state index in [0.29, 0.717) is 13.2 Å². The summed E-state index contributed by atoms with van der Waals surface area (Å²) in [7, 11) is 0.500. The van der Waals surface area contributed by atoms with Crippen molar-refractivity contribution in [3.05, 3.63) is 12.7 Å². The highest BCUT2D eigenvalue weighted by Gasteiger charge is 1.95. The first-order valence-electron chi connectivity index (χ1n) is 4.78. The molecule has 0 aromatic heterocycles. The molecule has 1 nitrogen and oxygen atoms in total. The van der Waals surface area contributed by atoms with Crippen molar-refractivity contribution in [2.75, 3.05) is 7.18 Å². The molecule has 2 heteroatoms. The van der Waals surface area contributed by atoms with E-state index in [1.807, 2.05) is 13.0 Å². The molecule has 0 amide bonds. The summed E-state index contributed by atoms with van der Waals surface area (Å²) in [4.78, 5) is 0. The Bertz CT molecular complexity index is 74.2. The van der Waals surface area contributed by atoms with Crippen molar-refractivity contribution in [1.29, 1.82) is 0 Å². The number of hydrogen-bond donors (Lipinski definition) is 1. The third kappa shape index (κ3) is 50.3. The Morgan fingerprint density at radius 2 is 1.62 bits per heavy atom. The van der Waals surface area contributed by atoms with Crippen molar-refractivity contribution in [2.24, 2.45) is 11.7 Å². The van der Waals surface area contributed by atoms with Crippen molar-refractivity contribution in [2.45, 2.75) is 46.6 Å². The normalized spacial score (nSPS) is 10.5. The zero-order valence-corrected chi connectivity index (χ0v) is 9.81. The highest BCUT2D eigenvalue weighted by atomic mass is 19.1. The molecule has 0 aliphatic carbocycles. The fourth-order valence-corrected chi connectivity index (χ4v) is 0.744. The lowest BCUT2D eigenvalue weighted by atomic mass is 10.1. The summed E-state index contributed by atoms with van der Waals surface area (Å²) in [5.41, 5.74) is 5.49. The Morgan fingerprint density at radius 1 is 1.31 bits per heavy atom. The van der Waals surface area contributed by atoms with Gasteiger partial charge >= 0.3 is 0 Å². The van der Waals surface area contributed by atoms with Gasteiger partial charge in [0.2, 0.25) is 0 Å². The number of halogens is 1. The largest absolute Gasteiger partial charge is 0.328 e. The van der Waals surface area contributed by atoms with Gasteiger partial charge in [-0.05, 0) is 25.7 Å². The van der Waals surface area contributed by atoms with Crippen molar-refractivity contribution < 1.29 is 4.39 Å². The molecule has 0 aliphatic rings. The summed E-state index contributed by atoms with van der Waals surface area (Å²) in [6, 6.07) is 0.375. The molecule has 0 saturated heterocycles. The van der Waals surface area contributed by atoms with E-state index in [-0.39, 0.29) is 0 Å². The van der Waals surface area contributed by atoms with Gasteiger partial charge in [0.25, 0.3) is 0 Å². The van der Waals surface area contributed by atoms with Gasteiger partial charge in [0.05, 0.1) is 7.18 Å². The zero-order chi connectivity index (χ0) is 11.3. The van der Waals surface area contributed by atoms with Gasteiger partial charge in [0.15, 0.2) is 0 Å². The molecule has 0 aliphatic heterocycles. The average Bonchev–Trinajstić information content (AvgIpc) is 2.06. The summed E-state index contributed by atoms with van der Waals surface area (Å²) in [6.07, 6.45) is 4.10. The van der Waals surface area contributed by atoms with E-state index >= 15 is 0 Å². The molecule has 13 heavy (non-hydrogen) atoms. The third-order valence-electron chi connectivity index (χ3n) is 1.13. The lowest BCUT2D eigenvalue weighted by Gasteiger charge is -2.05. The van der Waals surface area contributed by atoms with Crippen LogP contribution in [0, 0.1) is 5.92 Å². The smallest absolute Gasteiger partial charge is 0.0785 e. The summed E-state index contributed by atoms with van der Waals surface area (Å²) in [5.74, 6) is 0.750. The summed E-state index contributed by atoms with van der Waals surface area (Å²) < 4.78 is 9.50. The summed E-state index contributed by atoms with van der Waals surface area (Å²) in [5, 5.41) is 0. The van der Waals surface area contributed by atoms with Crippen LogP contribution in [0.1, 0.15) is 40.5 Å². The van der Waals surface area contributed by atoms with Gasteiger partial charge in [-0.2, -0.15) is 0 Å². The standard InChI is InChI=1S/C6H15N.C4H8.CH3F/c1-5(2)4-6(3)7;1-3-4-2;1-2/h5-6H,4,7H2,1-3H3;3H,1,4H2,2H3;1H3. The first-order valence-corrected chi connectivity index (χ1v) is 4.78. The number of hydrogen-bond acceptors (Lipinski definition) is 1. The number of allylic oxidation sites excluding steroid dienone is 1. The second-order valence-electron chi connectivity index (χ2n) is 3.30. The minimum Gasteiger partial charge on any atom is -0.328 e. The predicted octanol–water partition coefficient (Wildman–Crippen LogP) is 3.55. The number of rotatable bonds is 3. The highest BCUT2D eigenvalue weighted by molar-refractivity contribution is 4.60. The molecule has 0 radical (unpaired) electrons. The lowest BCUT2D eigenvalue weighted by molar-refractivity contribution is 0.520. The van der Waals surface area contributed by atoms with E-state index < -0.39 is 0 Å². The average molecular weight is 191 g/mol. The van der Waals surface area contributed by atoms with Crippen LogP contribution >= 0.6 is 0 Å². The fourth-order valence-electron chi connectivity index (χ4n) is 0.744. The van der Waals surface area contributed by atoms with Gasteiger partial charge in [-0.25, -0.2) is 0 Å². The highest BCUT2D eigenvalue weighted by Crippen LogP contribution is 2.00. The van der Waals surface area contributed by atoms with Crippen molar-refractivity contribution in [3.8, 4) is 0 Å². The third-order valence-corrected chi connectivity index (χ3v) is 1.13. The topological polar surface area (TPSA) is 26.0 Å². The maximum atomic E-state index is 9.50. The van der Waals surface area contributed by atoms with E-state index in [9.17, 15) is 4.39 Å². The van der Waals surface area contributed by atoms with Crippen LogP contribution in [-0.4, -0.2) is 13.2 Å². The van der Waals surface area contributed by atoms with Crippen LogP contribution in [-0.2, 0) is 0 Å². The summed E-state index contributed by atoms with van der Waals surface area (Å²) in [6.45, 7) is 12.0. The number of nitrogens with two attached hydrogens (primary N) is 1. The van der Waals surface area contributed by atoms with E-state index in [2.05, 4.69) is 27.4 Å². The number of alkyl halides is 1. The van der Waals surface area contributed by atoms with Gasteiger partial charge in [-0.1, -0.05) is 26.8 Å². The second kappa shape index (κ2) is 17.6. The monoisotopic (exact) mass is 191 g/mol. The van der Waals surface area contributed by atoms with Crippen LogP contribution in [0.15, 0.2) is 12.7 Å². The van der Waals surface area contributed by atoms with E-state index in [0.717, 1.165) is 18.8 Å². The molecule has 82 valence electrons. The molecule has 0 fully saturated rings. The van der Waals surface area contributed by atoms with E-state index in [4.69, 9.17) is 5.73 Å². The SMILES string of the molecule is C=CCC.CC(C)CC(C)N.CF. The van der Waals surface area contributed by atoms with E-state index in [1.165, 1.54) is 0 Å². The van der Waals surface area contributed by atoms with Crippen LogP contribution < -0.4 is 5.73 Å². The Balaban J connectivity index is -0.000000142. The first-order chi connectivity index (χ1) is 6.04. The van der Waals surface area contributed by atoms with Crippen LogP contribution in [0.2, 0.25) is 0 Å². The maximum Gasteiger partial charge on any atom is 0.0785 e. The summed E-state index contributed by atoms with van der Waals surface area (Å²) >= 11 is 0. The molecule has 0 rings (SSSR count). The molecule has 2 N–H and O–H groups in total. The van der Waals surface area contributed by atoms with Gasteiger partial charge in [0, 0.05) is 6.04 Å². The van der Waals surface area contributed by atoms with Crippen LogP contribution in [0.25, 0.3) is 0 Å².